The van der Waals surface area contributed by atoms with Gasteiger partial charge in [-0.2, -0.15) is 0 Å². The predicted molar refractivity (Wildman–Crippen MR) is 166 cm³/mol. The molecule has 0 amide bonds. The van der Waals surface area contributed by atoms with Crippen molar-refractivity contribution >= 4 is 22.4 Å². The molecule has 3 aromatic rings. The van der Waals surface area contributed by atoms with Crippen molar-refractivity contribution in [2.75, 3.05) is 38.3 Å². The first kappa shape index (κ1) is 28.4. The predicted octanol–water partition coefficient (Wildman–Crippen LogP) is 5.94. The van der Waals surface area contributed by atoms with Gasteiger partial charge >= 0.3 is 5.97 Å². The smallest absolute Gasteiger partial charge is 0.316 e. The Morgan fingerprint density at radius 2 is 2.07 bits per heavy atom. The fraction of sp³-hybridized carbons (Fsp3) is 0.471. The van der Waals surface area contributed by atoms with Gasteiger partial charge in [0.05, 0.1) is 18.5 Å². The molecule has 1 aromatic heterocycles. The average molecular weight is 602 g/mol. The number of aromatic nitrogens is 1. The third-order valence-corrected chi connectivity index (χ3v) is 10.9. The largest absolute Gasteiger partial charge is 0.503 e. The summed E-state index contributed by atoms with van der Waals surface area (Å²) in [6, 6.07) is 11.3. The van der Waals surface area contributed by atoms with E-state index in [1.807, 2.05) is 16.3 Å². The molecule has 4 heterocycles. The van der Waals surface area contributed by atoms with Gasteiger partial charge in [-0.15, -0.1) is 11.3 Å². The van der Waals surface area contributed by atoms with E-state index in [9.17, 15) is 9.90 Å². The number of hydrogen-bond acceptors (Lipinski definition) is 8. The van der Waals surface area contributed by atoms with Crippen LogP contribution < -0.4 is 9.64 Å². The maximum atomic E-state index is 12.1. The van der Waals surface area contributed by atoms with Crippen LogP contribution in [0.3, 0.4) is 0 Å². The monoisotopic (exact) mass is 601 g/mol. The van der Waals surface area contributed by atoms with Gasteiger partial charge in [0.15, 0.2) is 5.13 Å². The molecular formula is C34H39N3O5S. The molecule has 43 heavy (non-hydrogen) atoms. The van der Waals surface area contributed by atoms with E-state index < -0.39 is 11.4 Å². The second-order valence-corrected chi connectivity index (χ2v) is 13.2. The number of carboxylic acids is 1. The number of thiazole rings is 1. The molecule has 3 fully saturated rings. The lowest BCUT2D eigenvalue weighted by molar-refractivity contribution is -0.142. The summed E-state index contributed by atoms with van der Waals surface area (Å²) >= 11 is 1.52. The number of aliphatic carboxylic acids is 1. The van der Waals surface area contributed by atoms with Crippen LogP contribution in [0.2, 0.25) is 0 Å². The third kappa shape index (κ3) is 4.91. The van der Waals surface area contributed by atoms with E-state index in [-0.39, 0.29) is 5.92 Å². The molecule has 2 saturated heterocycles. The number of benzene rings is 2. The minimum Gasteiger partial charge on any atom is -0.503 e. The lowest BCUT2D eigenvalue weighted by atomic mass is 9.90. The van der Waals surface area contributed by atoms with Crippen molar-refractivity contribution in [3.05, 3.63) is 75.5 Å². The number of anilines is 1. The van der Waals surface area contributed by atoms with Gasteiger partial charge in [-0.05, 0) is 73.4 Å². The Bertz CT molecular complexity index is 1580. The fourth-order valence-corrected chi connectivity index (χ4v) is 8.24. The van der Waals surface area contributed by atoms with E-state index >= 15 is 0 Å². The summed E-state index contributed by atoms with van der Waals surface area (Å²) in [6.07, 6.45) is 5.56. The van der Waals surface area contributed by atoms with Gasteiger partial charge in [-0.25, -0.2) is 4.98 Å². The van der Waals surface area contributed by atoms with E-state index in [4.69, 9.17) is 19.2 Å². The van der Waals surface area contributed by atoms with Crippen molar-refractivity contribution in [3.8, 4) is 17.0 Å². The number of ether oxygens (including phenoxy) is 3. The van der Waals surface area contributed by atoms with Gasteiger partial charge in [0.2, 0.25) is 0 Å². The minimum atomic E-state index is -0.852. The summed E-state index contributed by atoms with van der Waals surface area (Å²) in [7, 11) is 1.56. The molecule has 0 unspecified atom stereocenters. The van der Waals surface area contributed by atoms with Crippen LogP contribution in [0.15, 0.2) is 47.7 Å². The first-order valence-electron chi connectivity index (χ1n) is 15.3. The highest BCUT2D eigenvalue weighted by Crippen LogP contribution is 2.64. The van der Waals surface area contributed by atoms with E-state index in [2.05, 4.69) is 43.0 Å². The first-order chi connectivity index (χ1) is 20.9. The van der Waals surface area contributed by atoms with E-state index in [0.717, 1.165) is 73.3 Å². The van der Waals surface area contributed by atoms with Crippen LogP contribution in [0.4, 0.5) is 5.13 Å². The van der Waals surface area contributed by atoms with Gasteiger partial charge in [0.25, 0.3) is 0 Å². The Balaban J connectivity index is 1.09. The summed E-state index contributed by atoms with van der Waals surface area (Å²) < 4.78 is 17.5. The van der Waals surface area contributed by atoms with Crippen LogP contribution in [0.5, 0.6) is 5.75 Å². The summed E-state index contributed by atoms with van der Waals surface area (Å²) in [5, 5.41) is 12.8. The number of para-hydroxylation sites is 1. The lowest BCUT2D eigenvalue weighted by Crippen LogP contribution is -2.42. The SMILES string of the molecule is CO/C=C1\N(c2nc(-c3cccc(C)c3OCc3ccc4c(c3C)CCN(C3CCOCC3)C4)cs2)C[C@@H]2C[C@]12C(=O)O. The lowest BCUT2D eigenvalue weighted by Gasteiger charge is -2.38. The zero-order valence-electron chi connectivity index (χ0n) is 25.1. The molecule has 9 heteroatoms. The summed E-state index contributed by atoms with van der Waals surface area (Å²) in [5.74, 6) is 0.131. The number of nitrogens with zero attached hydrogens (tertiary/aromatic N) is 3. The molecule has 1 saturated carbocycles. The standard InChI is InChI=1S/C34H39N3O5S/c1-21-5-4-6-28(29-20-43-33(35-29)37-17-25-15-34(25,32(38)39)30(37)19-40-3)31(21)42-18-24-8-7-23-16-36(12-9-27(23)22(24)2)26-10-13-41-14-11-26/h4-8,19-20,25-26H,9-18H2,1-3H3,(H,38,39)/b30-19-/t25-,34+/m0/s1. The van der Waals surface area contributed by atoms with Crippen molar-refractivity contribution < 1.29 is 24.1 Å². The molecule has 8 nitrogen and oxygen atoms in total. The zero-order chi connectivity index (χ0) is 29.7. The fourth-order valence-electron chi connectivity index (χ4n) is 7.39. The zero-order valence-corrected chi connectivity index (χ0v) is 25.9. The van der Waals surface area contributed by atoms with Crippen molar-refractivity contribution in [2.45, 2.75) is 58.7 Å². The second kappa shape index (κ2) is 11.3. The molecule has 3 aliphatic heterocycles. The van der Waals surface area contributed by atoms with Gasteiger partial charge in [0, 0.05) is 55.8 Å². The van der Waals surface area contributed by atoms with E-state index in [1.54, 1.807) is 13.4 Å². The number of piperidine rings is 1. The van der Waals surface area contributed by atoms with E-state index in [1.165, 1.54) is 33.6 Å². The van der Waals surface area contributed by atoms with Crippen molar-refractivity contribution in [1.82, 2.24) is 9.88 Å². The summed E-state index contributed by atoms with van der Waals surface area (Å²) in [6.45, 7) is 9.31. The van der Waals surface area contributed by atoms with Crippen LogP contribution >= 0.6 is 11.3 Å². The molecule has 0 radical (unpaired) electrons. The highest BCUT2D eigenvalue weighted by atomic mass is 32.1. The van der Waals surface area contributed by atoms with Gasteiger partial charge in [-0.3, -0.25) is 9.69 Å². The third-order valence-electron chi connectivity index (χ3n) is 9.99. The molecule has 2 atom stereocenters. The van der Waals surface area contributed by atoms with Gasteiger partial charge in [-0.1, -0.05) is 24.3 Å². The number of aryl methyl sites for hydroxylation is 1. The van der Waals surface area contributed by atoms with Gasteiger partial charge in [0.1, 0.15) is 24.0 Å². The average Bonchev–Trinajstić information content (AvgIpc) is 3.38. The Kier molecular flexibility index (Phi) is 7.43. The molecule has 0 bridgehead atoms. The Labute approximate surface area is 256 Å². The Morgan fingerprint density at radius 3 is 2.86 bits per heavy atom. The van der Waals surface area contributed by atoms with Crippen LogP contribution in [-0.4, -0.2) is 60.4 Å². The van der Waals surface area contributed by atoms with Crippen molar-refractivity contribution in [1.29, 1.82) is 0 Å². The molecule has 0 spiro atoms. The number of carboxylic acid groups (broad SMARTS) is 1. The van der Waals surface area contributed by atoms with Crippen molar-refractivity contribution in [3.63, 3.8) is 0 Å². The maximum absolute atomic E-state index is 12.1. The highest BCUT2D eigenvalue weighted by molar-refractivity contribution is 7.14. The summed E-state index contributed by atoms with van der Waals surface area (Å²) in [4.78, 5) is 21.8. The van der Waals surface area contributed by atoms with Crippen LogP contribution in [-0.2, 0) is 33.8 Å². The second-order valence-electron chi connectivity index (χ2n) is 12.3. The number of hydrogen-bond donors (Lipinski definition) is 1. The molecule has 2 aromatic carbocycles. The molecule has 7 rings (SSSR count). The minimum absolute atomic E-state index is 0.0846. The highest BCUT2D eigenvalue weighted by Gasteiger charge is 2.69. The molecular weight excluding hydrogens is 562 g/mol. The van der Waals surface area contributed by atoms with Crippen LogP contribution in [0.25, 0.3) is 11.3 Å². The molecule has 4 aliphatic rings. The maximum Gasteiger partial charge on any atom is 0.316 e. The number of fused-ring (bicyclic) bond motifs is 2. The molecule has 226 valence electrons. The quantitative estimate of drug-likeness (QED) is 0.318. The number of carbonyl (C=O) groups is 1. The normalized spacial score (nSPS) is 24.6. The molecule has 1 N–H and O–H groups in total. The Morgan fingerprint density at radius 1 is 1.23 bits per heavy atom. The molecule has 1 aliphatic carbocycles. The number of methoxy groups -OCH3 is 1. The number of rotatable bonds is 8. The first-order valence-corrected chi connectivity index (χ1v) is 16.1. The van der Waals surface area contributed by atoms with E-state index in [0.29, 0.717) is 31.3 Å². The Hall–Kier alpha value is -3.40. The van der Waals surface area contributed by atoms with Crippen molar-refractivity contribution in [2.24, 2.45) is 11.3 Å². The summed E-state index contributed by atoms with van der Waals surface area (Å²) in [5.41, 5.74) is 8.14. The van der Waals surface area contributed by atoms with Crippen LogP contribution in [0, 0.1) is 25.2 Å². The van der Waals surface area contributed by atoms with Gasteiger partial charge < -0.3 is 24.2 Å². The van der Waals surface area contributed by atoms with Crippen LogP contribution in [0.1, 0.15) is 47.1 Å². The topological polar surface area (TPSA) is 84.4 Å².